The van der Waals surface area contributed by atoms with E-state index in [-0.39, 0.29) is 0 Å². The lowest BCUT2D eigenvalue weighted by Gasteiger charge is -2.16. The van der Waals surface area contributed by atoms with Crippen molar-refractivity contribution in [3.05, 3.63) is 53.0 Å². The summed E-state index contributed by atoms with van der Waals surface area (Å²) in [5.74, 6) is -0.383. The fourth-order valence-electron chi connectivity index (χ4n) is 2.05. The minimum absolute atomic E-state index is 0.488. The first kappa shape index (κ1) is 15.6. The summed E-state index contributed by atoms with van der Waals surface area (Å²) in [6, 6.07) is 15.7. The van der Waals surface area contributed by atoms with Crippen LogP contribution in [-0.2, 0) is 4.79 Å². The van der Waals surface area contributed by atoms with E-state index in [1.807, 2.05) is 49.4 Å². The van der Waals surface area contributed by atoms with E-state index in [4.69, 9.17) is 9.84 Å². The van der Waals surface area contributed by atoms with Crippen LogP contribution in [-0.4, -0.2) is 17.2 Å². The molecule has 2 rings (SSSR count). The van der Waals surface area contributed by atoms with Crippen molar-refractivity contribution in [2.75, 3.05) is 0 Å². The van der Waals surface area contributed by atoms with Crippen LogP contribution in [0.5, 0.6) is 5.75 Å². The molecule has 0 fully saturated rings. The Kier molecular flexibility index (Phi) is 5.39. The average Bonchev–Trinajstić information content (AvgIpc) is 2.49. The number of carboxylic acids is 1. The van der Waals surface area contributed by atoms with Crippen LogP contribution in [0, 0.1) is 0 Å². The van der Waals surface area contributed by atoms with Crippen molar-refractivity contribution in [2.45, 2.75) is 25.9 Å². The zero-order valence-electron chi connectivity index (χ0n) is 11.8. The van der Waals surface area contributed by atoms with Gasteiger partial charge in [0.2, 0.25) is 0 Å². The molecule has 0 aliphatic carbocycles. The maximum atomic E-state index is 11.2. The van der Waals surface area contributed by atoms with Crippen LogP contribution < -0.4 is 4.74 Å². The Balaban J connectivity index is 2.21. The monoisotopic (exact) mass is 348 g/mol. The van der Waals surface area contributed by atoms with Crippen molar-refractivity contribution >= 4 is 21.9 Å². The third-order valence-electron chi connectivity index (χ3n) is 3.13. The van der Waals surface area contributed by atoms with Gasteiger partial charge in [-0.15, -0.1) is 0 Å². The number of benzene rings is 2. The molecule has 4 heteroatoms. The number of ether oxygens (including phenoxy) is 1. The van der Waals surface area contributed by atoms with E-state index in [2.05, 4.69) is 15.9 Å². The van der Waals surface area contributed by atoms with Crippen molar-refractivity contribution in [1.82, 2.24) is 0 Å². The fourth-order valence-corrected chi connectivity index (χ4v) is 2.53. The van der Waals surface area contributed by atoms with Crippen LogP contribution in [0.25, 0.3) is 11.1 Å². The molecule has 0 amide bonds. The van der Waals surface area contributed by atoms with Crippen LogP contribution >= 0.6 is 15.9 Å². The summed E-state index contributed by atoms with van der Waals surface area (Å²) in [7, 11) is 0. The van der Waals surface area contributed by atoms with Crippen molar-refractivity contribution in [2.24, 2.45) is 0 Å². The summed E-state index contributed by atoms with van der Waals surface area (Å²) in [4.78, 5) is 11.2. The summed E-state index contributed by atoms with van der Waals surface area (Å²) in [6.07, 6.45) is 0.438. The molecule has 1 unspecified atom stereocenters. The molecule has 0 radical (unpaired) electrons. The quantitative estimate of drug-likeness (QED) is 0.819. The Morgan fingerprint density at radius 2 is 1.90 bits per heavy atom. The molecule has 2 aromatic rings. The highest BCUT2D eigenvalue weighted by Crippen LogP contribution is 2.31. The number of carbonyl (C=O) groups is 1. The van der Waals surface area contributed by atoms with Gasteiger partial charge in [0.1, 0.15) is 5.75 Å². The van der Waals surface area contributed by atoms with Crippen LogP contribution in [0.1, 0.15) is 19.8 Å². The molecule has 3 nitrogen and oxygen atoms in total. The predicted molar refractivity (Wildman–Crippen MR) is 86.5 cm³/mol. The van der Waals surface area contributed by atoms with Gasteiger partial charge in [0.05, 0.1) is 4.47 Å². The number of rotatable bonds is 6. The molecule has 0 bridgehead atoms. The molecule has 21 heavy (non-hydrogen) atoms. The van der Waals surface area contributed by atoms with Gasteiger partial charge in [-0.3, -0.25) is 0 Å². The average molecular weight is 349 g/mol. The van der Waals surface area contributed by atoms with Gasteiger partial charge in [-0.2, -0.15) is 0 Å². The summed E-state index contributed by atoms with van der Waals surface area (Å²) >= 11 is 3.46. The highest BCUT2D eigenvalue weighted by atomic mass is 79.9. The standard InChI is InChI=1S/C17H17BrO3/c1-2-6-16(17(19)20)21-15-10-9-13(11-14(15)18)12-7-4-3-5-8-12/h3-5,7-11,16H,2,6H2,1H3,(H,19,20). The van der Waals surface area contributed by atoms with Gasteiger partial charge < -0.3 is 9.84 Å². The summed E-state index contributed by atoms with van der Waals surface area (Å²) in [6.45, 7) is 1.94. The van der Waals surface area contributed by atoms with Gasteiger partial charge >= 0.3 is 5.97 Å². The van der Waals surface area contributed by atoms with Gasteiger partial charge in [-0.25, -0.2) is 4.79 Å². The second-order valence-electron chi connectivity index (χ2n) is 4.74. The molecule has 110 valence electrons. The van der Waals surface area contributed by atoms with E-state index in [0.717, 1.165) is 22.0 Å². The van der Waals surface area contributed by atoms with Gasteiger partial charge in [-0.05, 0) is 45.6 Å². The van der Waals surface area contributed by atoms with Crippen molar-refractivity contribution < 1.29 is 14.6 Å². The third-order valence-corrected chi connectivity index (χ3v) is 3.75. The van der Waals surface area contributed by atoms with Crippen molar-refractivity contribution in [3.8, 4) is 16.9 Å². The van der Waals surface area contributed by atoms with E-state index < -0.39 is 12.1 Å². The minimum Gasteiger partial charge on any atom is -0.479 e. The number of hydrogen-bond acceptors (Lipinski definition) is 2. The minimum atomic E-state index is -0.934. The molecule has 1 N–H and O–H groups in total. The fraction of sp³-hybridized carbons (Fsp3) is 0.235. The van der Waals surface area contributed by atoms with Gasteiger partial charge in [0.15, 0.2) is 6.10 Å². The first-order valence-corrected chi connectivity index (χ1v) is 7.65. The molecular formula is C17H17BrO3. The molecular weight excluding hydrogens is 332 g/mol. The molecule has 0 saturated carbocycles. The Hall–Kier alpha value is -1.81. The van der Waals surface area contributed by atoms with E-state index in [9.17, 15) is 4.79 Å². The van der Waals surface area contributed by atoms with Crippen LogP contribution in [0.3, 0.4) is 0 Å². The normalized spacial score (nSPS) is 11.9. The lowest BCUT2D eigenvalue weighted by atomic mass is 10.1. The Labute approximate surface area is 132 Å². The lowest BCUT2D eigenvalue weighted by molar-refractivity contribution is -0.145. The molecule has 0 aliphatic rings. The van der Waals surface area contributed by atoms with Crippen LogP contribution in [0.4, 0.5) is 0 Å². The molecule has 0 heterocycles. The van der Waals surface area contributed by atoms with Crippen molar-refractivity contribution in [3.63, 3.8) is 0 Å². The van der Waals surface area contributed by atoms with Gasteiger partial charge in [-0.1, -0.05) is 49.7 Å². The smallest absolute Gasteiger partial charge is 0.344 e. The SMILES string of the molecule is CCCC(Oc1ccc(-c2ccccc2)cc1Br)C(=O)O. The predicted octanol–water partition coefficient (Wildman–Crippen LogP) is 4.75. The van der Waals surface area contributed by atoms with Crippen LogP contribution in [0.2, 0.25) is 0 Å². The van der Waals surface area contributed by atoms with Gasteiger partial charge in [0.25, 0.3) is 0 Å². The molecule has 0 saturated heterocycles. The van der Waals surface area contributed by atoms with Crippen LogP contribution in [0.15, 0.2) is 53.0 Å². The Morgan fingerprint density at radius 3 is 2.48 bits per heavy atom. The molecule has 0 spiro atoms. The zero-order valence-corrected chi connectivity index (χ0v) is 13.3. The van der Waals surface area contributed by atoms with E-state index >= 15 is 0 Å². The molecule has 0 aliphatic heterocycles. The molecule has 0 aromatic heterocycles. The zero-order chi connectivity index (χ0) is 15.2. The van der Waals surface area contributed by atoms with Gasteiger partial charge in [0, 0.05) is 0 Å². The maximum Gasteiger partial charge on any atom is 0.344 e. The highest BCUT2D eigenvalue weighted by Gasteiger charge is 2.19. The second-order valence-corrected chi connectivity index (χ2v) is 5.60. The second kappa shape index (κ2) is 7.27. The molecule has 1 atom stereocenters. The summed E-state index contributed by atoms with van der Waals surface area (Å²) in [5.41, 5.74) is 2.16. The van der Waals surface area contributed by atoms with E-state index in [1.54, 1.807) is 6.07 Å². The third kappa shape index (κ3) is 4.08. The number of carboxylic acid groups (broad SMARTS) is 1. The molecule has 2 aromatic carbocycles. The maximum absolute atomic E-state index is 11.2. The first-order valence-electron chi connectivity index (χ1n) is 6.86. The Morgan fingerprint density at radius 1 is 1.19 bits per heavy atom. The van der Waals surface area contributed by atoms with E-state index in [0.29, 0.717) is 12.2 Å². The first-order chi connectivity index (χ1) is 10.1. The van der Waals surface area contributed by atoms with E-state index in [1.165, 1.54) is 0 Å². The summed E-state index contributed by atoms with van der Waals surface area (Å²) < 4.78 is 6.35. The number of aliphatic carboxylic acids is 1. The number of hydrogen-bond donors (Lipinski definition) is 1. The summed E-state index contributed by atoms with van der Waals surface area (Å²) in [5, 5.41) is 9.15. The lowest BCUT2D eigenvalue weighted by Crippen LogP contribution is -2.26. The van der Waals surface area contributed by atoms with Crippen molar-refractivity contribution in [1.29, 1.82) is 0 Å². The topological polar surface area (TPSA) is 46.5 Å². The highest BCUT2D eigenvalue weighted by molar-refractivity contribution is 9.10. The number of halogens is 1. The largest absolute Gasteiger partial charge is 0.479 e. The Bertz CT molecular complexity index is 611.